The molecule has 0 unspecified atom stereocenters. The minimum atomic E-state index is 0.393. The molecule has 0 radical (unpaired) electrons. The summed E-state index contributed by atoms with van der Waals surface area (Å²) in [5, 5.41) is 3.06. The second-order valence-electron chi connectivity index (χ2n) is 4.91. The Balaban J connectivity index is 1.89. The van der Waals surface area contributed by atoms with Crippen molar-refractivity contribution in [2.24, 2.45) is 10.7 Å². The van der Waals surface area contributed by atoms with Crippen LogP contribution in [0.2, 0.25) is 0 Å². The summed E-state index contributed by atoms with van der Waals surface area (Å²) in [5.74, 6) is 2.11. The SMILES string of the molecule is CCOc1ccccc1CCN=C(N)Nc1ccc(OC)cc1. The number of guanidine groups is 1. The van der Waals surface area contributed by atoms with E-state index in [1.54, 1.807) is 7.11 Å². The van der Waals surface area contributed by atoms with Crippen molar-refractivity contribution in [3.05, 3.63) is 54.1 Å². The van der Waals surface area contributed by atoms with E-state index in [1.165, 1.54) is 0 Å². The fourth-order valence-corrected chi connectivity index (χ4v) is 2.17. The molecule has 0 aliphatic rings. The van der Waals surface area contributed by atoms with Gasteiger partial charge in [0.25, 0.3) is 0 Å². The number of nitrogens with one attached hydrogen (secondary N) is 1. The summed E-state index contributed by atoms with van der Waals surface area (Å²) >= 11 is 0. The summed E-state index contributed by atoms with van der Waals surface area (Å²) in [6.07, 6.45) is 0.779. The number of benzene rings is 2. The largest absolute Gasteiger partial charge is 0.497 e. The predicted molar refractivity (Wildman–Crippen MR) is 94.4 cm³/mol. The molecule has 2 aromatic carbocycles. The summed E-state index contributed by atoms with van der Waals surface area (Å²) in [7, 11) is 1.64. The van der Waals surface area contributed by atoms with Crippen LogP contribution in [0.3, 0.4) is 0 Å². The highest BCUT2D eigenvalue weighted by molar-refractivity contribution is 5.92. The number of hydrogen-bond acceptors (Lipinski definition) is 3. The average Bonchev–Trinajstić information content (AvgIpc) is 2.57. The lowest BCUT2D eigenvalue weighted by Gasteiger charge is -2.09. The number of aliphatic imine (C=N–C) groups is 1. The van der Waals surface area contributed by atoms with Gasteiger partial charge in [0.1, 0.15) is 11.5 Å². The van der Waals surface area contributed by atoms with E-state index in [-0.39, 0.29) is 0 Å². The first-order valence-corrected chi connectivity index (χ1v) is 7.64. The fourth-order valence-electron chi connectivity index (χ4n) is 2.17. The molecule has 0 bridgehead atoms. The fraction of sp³-hybridized carbons (Fsp3) is 0.278. The first kappa shape index (κ1) is 16.7. The summed E-state index contributed by atoms with van der Waals surface area (Å²) < 4.78 is 10.7. The third-order valence-corrected chi connectivity index (χ3v) is 3.30. The molecule has 0 aliphatic heterocycles. The Morgan fingerprint density at radius 1 is 1.13 bits per heavy atom. The number of ether oxygens (including phenoxy) is 2. The van der Waals surface area contributed by atoms with Crippen LogP contribution in [0, 0.1) is 0 Å². The smallest absolute Gasteiger partial charge is 0.193 e. The van der Waals surface area contributed by atoms with Crippen molar-refractivity contribution in [2.75, 3.05) is 25.6 Å². The number of methoxy groups -OCH3 is 1. The van der Waals surface area contributed by atoms with E-state index < -0.39 is 0 Å². The van der Waals surface area contributed by atoms with Gasteiger partial charge in [0.15, 0.2) is 5.96 Å². The topological polar surface area (TPSA) is 68.9 Å². The van der Waals surface area contributed by atoms with Crippen LogP contribution in [0.15, 0.2) is 53.5 Å². The van der Waals surface area contributed by atoms with Crippen molar-refractivity contribution in [3.8, 4) is 11.5 Å². The van der Waals surface area contributed by atoms with Crippen LogP contribution >= 0.6 is 0 Å². The van der Waals surface area contributed by atoms with Crippen molar-refractivity contribution in [1.82, 2.24) is 0 Å². The maximum atomic E-state index is 5.91. The van der Waals surface area contributed by atoms with E-state index in [9.17, 15) is 0 Å². The van der Waals surface area contributed by atoms with E-state index in [0.29, 0.717) is 19.1 Å². The Labute approximate surface area is 137 Å². The molecule has 3 N–H and O–H groups in total. The number of hydrogen-bond donors (Lipinski definition) is 2. The molecule has 0 atom stereocenters. The van der Waals surface area contributed by atoms with Gasteiger partial charge in [0.2, 0.25) is 0 Å². The van der Waals surface area contributed by atoms with E-state index in [4.69, 9.17) is 15.2 Å². The zero-order valence-electron chi connectivity index (χ0n) is 13.6. The van der Waals surface area contributed by atoms with E-state index in [1.807, 2.05) is 55.5 Å². The quantitative estimate of drug-likeness (QED) is 0.609. The van der Waals surface area contributed by atoms with Gasteiger partial charge in [-0.3, -0.25) is 4.99 Å². The third kappa shape index (κ3) is 5.21. The highest BCUT2D eigenvalue weighted by Gasteiger charge is 2.02. The Morgan fingerprint density at radius 2 is 1.87 bits per heavy atom. The number of rotatable bonds is 7. The van der Waals surface area contributed by atoms with Crippen molar-refractivity contribution in [3.63, 3.8) is 0 Å². The second-order valence-corrected chi connectivity index (χ2v) is 4.91. The summed E-state index contributed by atoms with van der Waals surface area (Å²) in [5.41, 5.74) is 7.92. The standard InChI is InChI=1S/C18H23N3O2/c1-3-23-17-7-5-4-6-14(17)12-13-20-18(19)21-15-8-10-16(22-2)11-9-15/h4-11H,3,12-13H2,1-2H3,(H3,19,20,21). The van der Waals surface area contributed by atoms with E-state index >= 15 is 0 Å². The zero-order valence-corrected chi connectivity index (χ0v) is 13.6. The Hall–Kier alpha value is -2.69. The van der Waals surface area contributed by atoms with Crippen molar-refractivity contribution < 1.29 is 9.47 Å². The Morgan fingerprint density at radius 3 is 2.57 bits per heavy atom. The predicted octanol–water partition coefficient (Wildman–Crippen LogP) is 3.06. The maximum Gasteiger partial charge on any atom is 0.193 e. The monoisotopic (exact) mass is 313 g/mol. The first-order chi connectivity index (χ1) is 11.2. The molecule has 122 valence electrons. The lowest BCUT2D eigenvalue weighted by Crippen LogP contribution is -2.23. The summed E-state index contributed by atoms with van der Waals surface area (Å²) in [4.78, 5) is 4.36. The Bertz CT molecular complexity index is 639. The number of anilines is 1. The van der Waals surface area contributed by atoms with Crippen LogP contribution in [0.1, 0.15) is 12.5 Å². The highest BCUT2D eigenvalue weighted by Crippen LogP contribution is 2.18. The van der Waals surface area contributed by atoms with Crippen molar-refractivity contribution in [1.29, 1.82) is 0 Å². The van der Waals surface area contributed by atoms with Gasteiger partial charge in [0.05, 0.1) is 13.7 Å². The van der Waals surface area contributed by atoms with Gasteiger partial charge >= 0.3 is 0 Å². The molecule has 0 saturated heterocycles. The molecule has 0 spiro atoms. The van der Waals surface area contributed by atoms with Crippen LogP contribution in [0.4, 0.5) is 5.69 Å². The summed E-state index contributed by atoms with van der Waals surface area (Å²) in [6, 6.07) is 15.5. The maximum absolute atomic E-state index is 5.91. The molecule has 0 heterocycles. The van der Waals surface area contributed by atoms with Crippen LogP contribution in [-0.4, -0.2) is 26.2 Å². The molecule has 5 nitrogen and oxygen atoms in total. The summed E-state index contributed by atoms with van der Waals surface area (Å²) in [6.45, 7) is 3.23. The van der Waals surface area contributed by atoms with Gasteiger partial charge in [0, 0.05) is 12.2 Å². The average molecular weight is 313 g/mol. The van der Waals surface area contributed by atoms with Gasteiger partial charge in [-0.2, -0.15) is 0 Å². The molecule has 0 saturated carbocycles. The van der Waals surface area contributed by atoms with Crippen LogP contribution in [-0.2, 0) is 6.42 Å². The second kappa shape index (κ2) is 8.68. The number of nitrogens with two attached hydrogens (primary N) is 1. The minimum absolute atomic E-state index is 0.393. The molecule has 5 heteroatoms. The van der Waals surface area contributed by atoms with Crippen LogP contribution < -0.4 is 20.5 Å². The zero-order chi connectivity index (χ0) is 16.5. The number of nitrogens with zero attached hydrogens (tertiary/aromatic N) is 1. The molecule has 0 fully saturated rings. The molecular weight excluding hydrogens is 290 g/mol. The van der Waals surface area contributed by atoms with Crippen molar-refractivity contribution in [2.45, 2.75) is 13.3 Å². The third-order valence-electron chi connectivity index (χ3n) is 3.30. The first-order valence-electron chi connectivity index (χ1n) is 7.64. The van der Waals surface area contributed by atoms with Gasteiger partial charge in [-0.05, 0) is 49.2 Å². The van der Waals surface area contributed by atoms with E-state index in [2.05, 4.69) is 10.3 Å². The van der Waals surface area contributed by atoms with Gasteiger partial charge in [-0.15, -0.1) is 0 Å². The molecule has 2 aromatic rings. The lowest BCUT2D eigenvalue weighted by atomic mass is 10.1. The lowest BCUT2D eigenvalue weighted by molar-refractivity contribution is 0.336. The molecule has 0 aromatic heterocycles. The van der Waals surface area contributed by atoms with Crippen molar-refractivity contribution >= 4 is 11.6 Å². The highest BCUT2D eigenvalue weighted by atomic mass is 16.5. The minimum Gasteiger partial charge on any atom is -0.497 e. The van der Waals surface area contributed by atoms with Gasteiger partial charge < -0.3 is 20.5 Å². The normalized spacial score (nSPS) is 11.1. The molecule has 2 rings (SSSR count). The molecular formula is C18H23N3O2. The van der Waals surface area contributed by atoms with Crippen LogP contribution in [0.25, 0.3) is 0 Å². The Kier molecular flexibility index (Phi) is 6.29. The van der Waals surface area contributed by atoms with Gasteiger partial charge in [-0.25, -0.2) is 0 Å². The molecule has 0 amide bonds. The van der Waals surface area contributed by atoms with E-state index in [0.717, 1.165) is 29.2 Å². The number of para-hydroxylation sites is 1. The molecule has 0 aliphatic carbocycles. The molecule has 23 heavy (non-hydrogen) atoms. The van der Waals surface area contributed by atoms with Crippen LogP contribution in [0.5, 0.6) is 11.5 Å². The van der Waals surface area contributed by atoms with Gasteiger partial charge in [-0.1, -0.05) is 18.2 Å².